The summed E-state index contributed by atoms with van der Waals surface area (Å²) >= 11 is 0. The van der Waals surface area contributed by atoms with Gasteiger partial charge in [0.1, 0.15) is 0 Å². The number of benzene rings is 1. The zero-order valence-electron chi connectivity index (χ0n) is 14.4. The third-order valence-electron chi connectivity index (χ3n) is 4.98. The number of carbonyl (C=O) groups is 1. The highest BCUT2D eigenvalue weighted by Crippen LogP contribution is 2.20. The molecule has 1 saturated heterocycles. The van der Waals surface area contributed by atoms with Crippen molar-refractivity contribution in [1.82, 2.24) is 10.2 Å². The van der Waals surface area contributed by atoms with Gasteiger partial charge in [-0.05, 0) is 56.8 Å². The third kappa shape index (κ3) is 4.57. The smallest absolute Gasteiger partial charge is 0.223 e. The van der Waals surface area contributed by atoms with Crippen molar-refractivity contribution in [2.75, 3.05) is 13.1 Å². The molecule has 1 atom stereocenters. The van der Waals surface area contributed by atoms with E-state index >= 15 is 0 Å². The van der Waals surface area contributed by atoms with E-state index in [4.69, 9.17) is 0 Å². The number of piperidine rings is 1. The zero-order chi connectivity index (χ0) is 16.1. The van der Waals surface area contributed by atoms with E-state index in [1.807, 2.05) is 0 Å². The first-order chi connectivity index (χ1) is 10.5. The molecule has 22 heavy (non-hydrogen) atoms. The van der Waals surface area contributed by atoms with Gasteiger partial charge in [-0.2, -0.15) is 0 Å². The van der Waals surface area contributed by atoms with Crippen molar-refractivity contribution in [3.8, 4) is 0 Å². The quantitative estimate of drug-likeness (QED) is 0.904. The molecular formula is C19H30N2O. The van der Waals surface area contributed by atoms with E-state index < -0.39 is 0 Å². The highest BCUT2D eigenvalue weighted by Gasteiger charge is 2.26. The summed E-state index contributed by atoms with van der Waals surface area (Å²) in [4.78, 5) is 14.8. The Morgan fingerprint density at radius 3 is 2.45 bits per heavy atom. The Hall–Kier alpha value is -1.35. The van der Waals surface area contributed by atoms with Gasteiger partial charge in [-0.15, -0.1) is 0 Å². The second kappa shape index (κ2) is 7.77. The molecule has 1 amide bonds. The Morgan fingerprint density at radius 1 is 1.23 bits per heavy atom. The van der Waals surface area contributed by atoms with Crippen molar-refractivity contribution >= 4 is 5.91 Å². The van der Waals surface area contributed by atoms with Gasteiger partial charge in [0.25, 0.3) is 0 Å². The van der Waals surface area contributed by atoms with Crippen LogP contribution < -0.4 is 5.32 Å². The average molecular weight is 302 g/mol. The minimum absolute atomic E-state index is 0.189. The number of aryl methyl sites for hydroxylation is 1. The first-order valence-electron chi connectivity index (χ1n) is 8.54. The highest BCUT2D eigenvalue weighted by molar-refractivity contribution is 5.79. The van der Waals surface area contributed by atoms with Gasteiger partial charge in [0.15, 0.2) is 0 Å². The molecule has 0 spiro atoms. The van der Waals surface area contributed by atoms with E-state index in [2.05, 4.69) is 62.2 Å². The number of hydrogen-bond acceptors (Lipinski definition) is 2. The topological polar surface area (TPSA) is 32.3 Å². The van der Waals surface area contributed by atoms with Gasteiger partial charge < -0.3 is 5.32 Å². The van der Waals surface area contributed by atoms with E-state index in [0.29, 0.717) is 5.92 Å². The lowest BCUT2D eigenvalue weighted by atomic mass is 9.94. The molecule has 0 bridgehead atoms. The predicted molar refractivity (Wildman–Crippen MR) is 91.6 cm³/mol. The molecule has 0 aliphatic carbocycles. The van der Waals surface area contributed by atoms with E-state index in [9.17, 15) is 4.79 Å². The molecule has 0 aromatic heterocycles. The van der Waals surface area contributed by atoms with Crippen molar-refractivity contribution in [3.63, 3.8) is 0 Å². The molecule has 1 heterocycles. The molecule has 0 radical (unpaired) electrons. The molecule has 1 aromatic carbocycles. The monoisotopic (exact) mass is 302 g/mol. The number of carbonyl (C=O) groups excluding carboxylic acids is 1. The number of rotatable bonds is 5. The van der Waals surface area contributed by atoms with Crippen LogP contribution in [0.5, 0.6) is 0 Å². The van der Waals surface area contributed by atoms with Gasteiger partial charge >= 0.3 is 0 Å². The van der Waals surface area contributed by atoms with Crippen LogP contribution in [0.15, 0.2) is 24.3 Å². The van der Waals surface area contributed by atoms with Gasteiger partial charge in [-0.1, -0.05) is 38.1 Å². The summed E-state index contributed by atoms with van der Waals surface area (Å²) in [5.74, 6) is 0.927. The summed E-state index contributed by atoms with van der Waals surface area (Å²) in [6.07, 6.45) is 1.95. The Morgan fingerprint density at radius 2 is 1.86 bits per heavy atom. The van der Waals surface area contributed by atoms with Crippen LogP contribution in [-0.2, 0) is 11.3 Å². The second-order valence-corrected chi connectivity index (χ2v) is 7.02. The lowest BCUT2D eigenvalue weighted by Gasteiger charge is -2.32. The molecule has 3 heteroatoms. The Labute approximate surface area is 135 Å². The molecular weight excluding hydrogens is 272 g/mol. The van der Waals surface area contributed by atoms with E-state index in [1.165, 1.54) is 11.1 Å². The lowest BCUT2D eigenvalue weighted by Crippen LogP contribution is -2.44. The van der Waals surface area contributed by atoms with Crippen LogP contribution in [0.4, 0.5) is 0 Å². The Balaban J connectivity index is 1.80. The number of nitrogens with one attached hydrogen (secondary N) is 1. The van der Waals surface area contributed by atoms with Crippen LogP contribution in [0.1, 0.15) is 44.7 Å². The summed E-state index contributed by atoms with van der Waals surface area (Å²) in [7, 11) is 0. The molecule has 1 aliphatic heterocycles. The normalized spacial score (nSPS) is 18.4. The minimum atomic E-state index is 0.189. The fourth-order valence-corrected chi connectivity index (χ4v) is 2.89. The van der Waals surface area contributed by atoms with Crippen LogP contribution in [-0.4, -0.2) is 29.9 Å². The third-order valence-corrected chi connectivity index (χ3v) is 4.98. The van der Waals surface area contributed by atoms with Crippen LogP contribution in [0.25, 0.3) is 0 Å². The van der Waals surface area contributed by atoms with Crippen LogP contribution in [0.2, 0.25) is 0 Å². The first-order valence-corrected chi connectivity index (χ1v) is 8.54. The molecule has 3 nitrogen and oxygen atoms in total. The zero-order valence-corrected chi connectivity index (χ0v) is 14.4. The average Bonchev–Trinajstić information content (AvgIpc) is 2.50. The number of nitrogens with zero attached hydrogens (tertiary/aromatic N) is 1. The second-order valence-electron chi connectivity index (χ2n) is 7.02. The van der Waals surface area contributed by atoms with Gasteiger partial charge in [-0.3, -0.25) is 9.69 Å². The minimum Gasteiger partial charge on any atom is -0.353 e. The van der Waals surface area contributed by atoms with E-state index in [0.717, 1.165) is 32.5 Å². The van der Waals surface area contributed by atoms with E-state index in [-0.39, 0.29) is 17.9 Å². The Kier molecular flexibility index (Phi) is 6.01. The molecule has 1 N–H and O–H groups in total. The molecule has 0 saturated carbocycles. The van der Waals surface area contributed by atoms with Crippen LogP contribution >= 0.6 is 0 Å². The fraction of sp³-hybridized carbons (Fsp3) is 0.632. The molecule has 0 unspecified atom stereocenters. The summed E-state index contributed by atoms with van der Waals surface area (Å²) in [6.45, 7) is 11.6. The van der Waals surface area contributed by atoms with Crippen molar-refractivity contribution in [2.45, 2.75) is 53.1 Å². The first kappa shape index (κ1) is 17.0. The van der Waals surface area contributed by atoms with Crippen molar-refractivity contribution in [1.29, 1.82) is 0 Å². The highest BCUT2D eigenvalue weighted by atomic mass is 16.1. The number of likely N-dealkylation sites (tertiary alicyclic amines) is 1. The molecule has 2 rings (SSSR count). The molecule has 1 fully saturated rings. The summed E-state index contributed by atoms with van der Waals surface area (Å²) in [5, 5.41) is 3.17. The van der Waals surface area contributed by atoms with Crippen molar-refractivity contribution < 1.29 is 4.79 Å². The van der Waals surface area contributed by atoms with Crippen LogP contribution in [0.3, 0.4) is 0 Å². The van der Waals surface area contributed by atoms with Crippen LogP contribution in [0, 0.1) is 18.8 Å². The number of amides is 1. The molecule has 122 valence electrons. The summed E-state index contributed by atoms with van der Waals surface area (Å²) in [5.41, 5.74) is 2.76. The maximum Gasteiger partial charge on any atom is 0.223 e. The lowest BCUT2D eigenvalue weighted by molar-refractivity contribution is -0.127. The fourth-order valence-electron chi connectivity index (χ4n) is 2.89. The van der Waals surface area contributed by atoms with Gasteiger partial charge in [0.05, 0.1) is 0 Å². The summed E-state index contributed by atoms with van der Waals surface area (Å²) in [6, 6.07) is 8.83. The predicted octanol–water partition coefficient (Wildman–Crippen LogP) is 3.37. The summed E-state index contributed by atoms with van der Waals surface area (Å²) < 4.78 is 0. The molecule has 1 aromatic rings. The van der Waals surface area contributed by atoms with Crippen molar-refractivity contribution in [3.05, 3.63) is 35.4 Å². The van der Waals surface area contributed by atoms with E-state index in [1.54, 1.807) is 0 Å². The van der Waals surface area contributed by atoms with Gasteiger partial charge in [-0.25, -0.2) is 0 Å². The molecule has 1 aliphatic rings. The standard InChI is InChI=1S/C19H30N2O/c1-14(2)16(4)20-19(22)17-9-11-21(12-10-17)13-18-8-6-5-7-15(18)3/h5-8,14,16-17H,9-13H2,1-4H3,(H,20,22)/t16-/m0/s1. The maximum absolute atomic E-state index is 12.3. The van der Waals surface area contributed by atoms with Crippen molar-refractivity contribution in [2.24, 2.45) is 11.8 Å². The number of hydrogen-bond donors (Lipinski definition) is 1. The SMILES string of the molecule is Cc1ccccc1CN1CCC(C(=O)N[C@@H](C)C(C)C)CC1. The maximum atomic E-state index is 12.3. The van der Waals surface area contributed by atoms with Gasteiger partial charge in [0.2, 0.25) is 5.91 Å². The largest absolute Gasteiger partial charge is 0.353 e. The Bertz CT molecular complexity index is 490. The van der Waals surface area contributed by atoms with Gasteiger partial charge in [0, 0.05) is 18.5 Å².